The van der Waals surface area contributed by atoms with Gasteiger partial charge in [-0.2, -0.15) is 0 Å². The Bertz CT molecular complexity index is 1070. The quantitative estimate of drug-likeness (QED) is 0.301. The van der Waals surface area contributed by atoms with Gasteiger partial charge in [0, 0.05) is 18.1 Å². The van der Waals surface area contributed by atoms with Crippen molar-refractivity contribution < 1.29 is 23.8 Å². The summed E-state index contributed by atoms with van der Waals surface area (Å²) in [5.41, 5.74) is 1.44. The lowest BCUT2D eigenvalue weighted by molar-refractivity contribution is -0.142. The summed E-state index contributed by atoms with van der Waals surface area (Å²) < 4.78 is 17.3. The maximum absolute atomic E-state index is 12.4. The van der Waals surface area contributed by atoms with E-state index in [0.29, 0.717) is 41.6 Å². The fraction of sp³-hybridized carbons (Fsp3) is 0.381. The maximum Gasteiger partial charge on any atom is 0.311 e. The lowest BCUT2D eigenvalue weighted by Crippen LogP contribution is -2.15. The molecule has 0 atom stereocenters. The number of amides is 1. The van der Waals surface area contributed by atoms with Crippen LogP contribution in [0, 0.1) is 0 Å². The normalized spacial score (nSPS) is 10.8. The fourth-order valence-electron chi connectivity index (χ4n) is 2.82. The summed E-state index contributed by atoms with van der Waals surface area (Å²) in [5, 5.41) is 14.1. The molecule has 0 aliphatic rings. The van der Waals surface area contributed by atoms with Crippen LogP contribution in [-0.2, 0) is 32.0 Å². The van der Waals surface area contributed by atoms with Crippen LogP contribution in [0.4, 0.5) is 5.13 Å². The van der Waals surface area contributed by atoms with E-state index < -0.39 is 0 Å². The van der Waals surface area contributed by atoms with Crippen molar-refractivity contribution in [1.82, 2.24) is 19.7 Å². The number of hydrogen-bond donors (Lipinski definition) is 1. The molecular formula is C21H25N5O5S2. The first-order valence-electron chi connectivity index (χ1n) is 10.1. The SMILES string of the molecule is CCOC(=O)Cc1csc(NC(=O)CSc2nnc(-c3ccc(OC)cc3)n2CCOC)n1. The molecule has 0 fully saturated rings. The number of esters is 1. The van der Waals surface area contributed by atoms with Crippen LogP contribution in [-0.4, -0.2) is 64.8 Å². The van der Waals surface area contributed by atoms with Crippen LogP contribution in [0.5, 0.6) is 5.75 Å². The van der Waals surface area contributed by atoms with Gasteiger partial charge in [0.2, 0.25) is 5.91 Å². The maximum atomic E-state index is 12.4. The van der Waals surface area contributed by atoms with Gasteiger partial charge in [-0.1, -0.05) is 11.8 Å². The number of aromatic nitrogens is 4. The monoisotopic (exact) mass is 491 g/mol. The van der Waals surface area contributed by atoms with E-state index in [1.165, 1.54) is 23.1 Å². The third-order valence-corrected chi connectivity index (χ3v) is 6.12. The Hall–Kier alpha value is -2.96. The van der Waals surface area contributed by atoms with E-state index in [-0.39, 0.29) is 24.1 Å². The van der Waals surface area contributed by atoms with Crippen LogP contribution < -0.4 is 10.1 Å². The molecule has 0 radical (unpaired) electrons. The molecule has 1 N–H and O–H groups in total. The van der Waals surface area contributed by atoms with Crippen LogP contribution in [0.2, 0.25) is 0 Å². The Labute approximate surface area is 199 Å². The lowest BCUT2D eigenvalue weighted by atomic mass is 10.2. The van der Waals surface area contributed by atoms with E-state index in [4.69, 9.17) is 14.2 Å². The molecule has 3 aromatic rings. The standard InChI is InChI=1S/C21H25N5O5S2/c1-4-31-18(28)11-15-12-32-20(22-15)23-17(27)13-33-21-25-24-19(26(21)9-10-29-2)14-5-7-16(30-3)8-6-14/h5-8,12H,4,9-11,13H2,1-3H3,(H,22,23,27). The molecule has 0 aliphatic heterocycles. The molecule has 10 nitrogen and oxygen atoms in total. The highest BCUT2D eigenvalue weighted by Crippen LogP contribution is 2.26. The molecule has 2 aromatic heterocycles. The molecule has 0 saturated heterocycles. The van der Waals surface area contributed by atoms with Crippen molar-refractivity contribution in [2.45, 2.75) is 25.0 Å². The second-order valence-corrected chi connectivity index (χ2v) is 8.44. The zero-order valence-corrected chi connectivity index (χ0v) is 20.2. The predicted octanol–water partition coefficient (Wildman–Crippen LogP) is 2.89. The van der Waals surface area contributed by atoms with E-state index in [9.17, 15) is 9.59 Å². The van der Waals surface area contributed by atoms with Crippen molar-refractivity contribution in [2.75, 3.05) is 38.5 Å². The predicted molar refractivity (Wildman–Crippen MR) is 126 cm³/mol. The van der Waals surface area contributed by atoms with Gasteiger partial charge in [-0.15, -0.1) is 21.5 Å². The summed E-state index contributed by atoms with van der Waals surface area (Å²) in [7, 11) is 3.24. The Morgan fingerprint density at radius 1 is 1.18 bits per heavy atom. The molecular weight excluding hydrogens is 466 g/mol. The first-order chi connectivity index (χ1) is 16.0. The van der Waals surface area contributed by atoms with Crippen molar-refractivity contribution in [3.63, 3.8) is 0 Å². The minimum absolute atomic E-state index is 0.0751. The minimum Gasteiger partial charge on any atom is -0.497 e. The highest BCUT2D eigenvalue weighted by molar-refractivity contribution is 7.99. The van der Waals surface area contributed by atoms with Crippen LogP contribution in [0.15, 0.2) is 34.8 Å². The van der Waals surface area contributed by atoms with Gasteiger partial charge in [0.25, 0.3) is 0 Å². The van der Waals surface area contributed by atoms with E-state index in [2.05, 4.69) is 20.5 Å². The summed E-state index contributed by atoms with van der Waals surface area (Å²) >= 11 is 2.53. The van der Waals surface area contributed by atoms with Gasteiger partial charge < -0.3 is 19.5 Å². The van der Waals surface area contributed by atoms with Crippen molar-refractivity contribution in [2.24, 2.45) is 0 Å². The summed E-state index contributed by atoms with van der Waals surface area (Å²) in [6, 6.07) is 7.53. The highest BCUT2D eigenvalue weighted by atomic mass is 32.2. The van der Waals surface area contributed by atoms with Gasteiger partial charge in [0.05, 0.1) is 44.7 Å². The van der Waals surface area contributed by atoms with Gasteiger partial charge in [-0.3, -0.25) is 14.2 Å². The number of methoxy groups -OCH3 is 2. The van der Waals surface area contributed by atoms with Crippen molar-refractivity contribution >= 4 is 40.1 Å². The molecule has 176 valence electrons. The van der Waals surface area contributed by atoms with E-state index in [0.717, 1.165) is 11.3 Å². The number of hydrogen-bond acceptors (Lipinski definition) is 10. The Morgan fingerprint density at radius 2 is 1.97 bits per heavy atom. The zero-order valence-electron chi connectivity index (χ0n) is 18.6. The molecule has 2 heterocycles. The number of thioether (sulfide) groups is 1. The summed E-state index contributed by atoms with van der Waals surface area (Å²) in [4.78, 5) is 28.3. The number of nitrogens with zero attached hydrogens (tertiary/aromatic N) is 4. The molecule has 33 heavy (non-hydrogen) atoms. The van der Waals surface area contributed by atoms with Gasteiger partial charge >= 0.3 is 5.97 Å². The minimum atomic E-state index is -0.348. The number of ether oxygens (including phenoxy) is 3. The van der Waals surface area contributed by atoms with Gasteiger partial charge in [0.1, 0.15) is 5.75 Å². The highest BCUT2D eigenvalue weighted by Gasteiger charge is 2.17. The molecule has 12 heteroatoms. The average Bonchev–Trinajstić information content (AvgIpc) is 3.42. The Balaban J connectivity index is 1.63. The molecule has 0 aliphatic carbocycles. The second-order valence-electron chi connectivity index (χ2n) is 6.64. The first kappa shape index (κ1) is 24.7. The van der Waals surface area contributed by atoms with Crippen molar-refractivity contribution in [1.29, 1.82) is 0 Å². The number of carbonyl (C=O) groups excluding carboxylic acids is 2. The third kappa shape index (κ3) is 7.01. The first-order valence-corrected chi connectivity index (χ1v) is 12.0. The van der Waals surface area contributed by atoms with Crippen LogP contribution in [0.1, 0.15) is 12.6 Å². The lowest BCUT2D eigenvalue weighted by Gasteiger charge is -2.10. The largest absolute Gasteiger partial charge is 0.497 e. The van der Waals surface area contributed by atoms with Gasteiger partial charge in [-0.25, -0.2) is 4.98 Å². The molecule has 3 rings (SSSR count). The van der Waals surface area contributed by atoms with E-state index >= 15 is 0 Å². The van der Waals surface area contributed by atoms with Crippen molar-refractivity contribution in [3.05, 3.63) is 35.3 Å². The molecule has 1 amide bonds. The van der Waals surface area contributed by atoms with Gasteiger partial charge in [-0.05, 0) is 31.2 Å². The molecule has 0 bridgehead atoms. The third-order valence-electron chi connectivity index (χ3n) is 4.35. The number of anilines is 1. The Morgan fingerprint density at radius 3 is 2.67 bits per heavy atom. The van der Waals surface area contributed by atoms with E-state index in [1.807, 2.05) is 28.8 Å². The van der Waals surface area contributed by atoms with Crippen LogP contribution in [0.3, 0.4) is 0 Å². The molecule has 0 spiro atoms. The van der Waals surface area contributed by atoms with E-state index in [1.54, 1.807) is 26.5 Å². The number of thiazole rings is 1. The zero-order chi connectivity index (χ0) is 23.6. The molecule has 0 saturated carbocycles. The summed E-state index contributed by atoms with van der Waals surface area (Å²) in [5.74, 6) is 0.978. The Kier molecular flexibility index (Phi) is 9.22. The summed E-state index contributed by atoms with van der Waals surface area (Å²) in [6.45, 7) is 3.08. The topological polar surface area (TPSA) is 117 Å². The number of carbonyl (C=O) groups is 2. The number of nitrogens with one attached hydrogen (secondary N) is 1. The van der Waals surface area contributed by atoms with Gasteiger partial charge in [0.15, 0.2) is 16.1 Å². The van der Waals surface area contributed by atoms with Crippen molar-refractivity contribution in [3.8, 4) is 17.1 Å². The number of rotatable bonds is 12. The fourth-order valence-corrected chi connectivity index (χ4v) is 4.32. The smallest absolute Gasteiger partial charge is 0.311 e. The van der Waals surface area contributed by atoms with Crippen LogP contribution in [0.25, 0.3) is 11.4 Å². The average molecular weight is 492 g/mol. The second kappa shape index (κ2) is 12.3. The molecule has 1 aromatic carbocycles. The van der Waals surface area contributed by atoms with Crippen LogP contribution >= 0.6 is 23.1 Å². The number of benzene rings is 1. The summed E-state index contributed by atoms with van der Waals surface area (Å²) in [6.07, 6.45) is 0.0751. The molecule has 0 unspecified atom stereocenters.